The number of nitrogens with zero attached hydrogens (tertiary/aromatic N) is 1. The molecule has 1 aliphatic rings. The van der Waals surface area contributed by atoms with Crippen LogP contribution in [0.5, 0.6) is 5.75 Å². The maximum Gasteiger partial charge on any atom is 0.408 e. The van der Waals surface area contributed by atoms with Gasteiger partial charge in [0, 0.05) is 11.7 Å². The van der Waals surface area contributed by atoms with Crippen molar-refractivity contribution in [3.8, 4) is 5.75 Å². The van der Waals surface area contributed by atoms with Crippen LogP contribution in [0.15, 0.2) is 42.5 Å². The van der Waals surface area contributed by atoms with Crippen LogP contribution in [-0.4, -0.2) is 47.6 Å². The Balaban J connectivity index is 1.98. The first kappa shape index (κ1) is 28.0. The van der Waals surface area contributed by atoms with Gasteiger partial charge in [-0.05, 0) is 89.3 Å². The SMILES string of the molecule is COc1ccc(NC(=O)C(c2cc(C)ccc2C)N(C(=O)C(C)NC(=O)OC(C)(C)C)C2CC2C)cc1. The van der Waals surface area contributed by atoms with Crippen LogP contribution in [-0.2, 0) is 14.3 Å². The molecule has 4 unspecified atom stereocenters. The lowest BCUT2D eigenvalue weighted by Crippen LogP contribution is -2.52. The van der Waals surface area contributed by atoms with Crippen LogP contribution >= 0.6 is 0 Å². The summed E-state index contributed by atoms with van der Waals surface area (Å²) in [5.41, 5.74) is 2.54. The molecule has 3 rings (SSSR count). The largest absolute Gasteiger partial charge is 0.497 e. The number of carbonyl (C=O) groups excluding carboxylic acids is 3. The van der Waals surface area contributed by atoms with E-state index in [1.807, 2.05) is 32.0 Å². The van der Waals surface area contributed by atoms with Crippen LogP contribution in [0.3, 0.4) is 0 Å². The molecule has 0 radical (unpaired) electrons. The molecule has 1 saturated carbocycles. The third-order valence-corrected chi connectivity index (χ3v) is 6.40. The average molecular weight is 510 g/mol. The molecule has 8 nitrogen and oxygen atoms in total. The summed E-state index contributed by atoms with van der Waals surface area (Å²) >= 11 is 0. The predicted octanol–water partition coefficient (Wildman–Crippen LogP) is 5.14. The van der Waals surface area contributed by atoms with Crippen molar-refractivity contribution >= 4 is 23.6 Å². The predicted molar refractivity (Wildman–Crippen MR) is 144 cm³/mol. The maximum absolute atomic E-state index is 13.9. The highest BCUT2D eigenvalue weighted by molar-refractivity contribution is 5.99. The molecule has 37 heavy (non-hydrogen) atoms. The Hall–Kier alpha value is -3.55. The van der Waals surface area contributed by atoms with Crippen LogP contribution < -0.4 is 15.4 Å². The molecule has 1 aliphatic carbocycles. The van der Waals surface area contributed by atoms with E-state index in [0.717, 1.165) is 23.1 Å². The van der Waals surface area contributed by atoms with E-state index in [0.29, 0.717) is 11.4 Å². The number of nitrogens with one attached hydrogen (secondary N) is 2. The van der Waals surface area contributed by atoms with E-state index >= 15 is 0 Å². The average Bonchev–Trinajstić information content (AvgIpc) is 3.53. The summed E-state index contributed by atoms with van der Waals surface area (Å²) < 4.78 is 10.6. The van der Waals surface area contributed by atoms with Crippen molar-refractivity contribution in [2.24, 2.45) is 5.92 Å². The summed E-state index contributed by atoms with van der Waals surface area (Å²) in [6.07, 6.45) is 0.102. The Morgan fingerprint density at radius 2 is 1.68 bits per heavy atom. The summed E-state index contributed by atoms with van der Waals surface area (Å²) in [7, 11) is 1.58. The molecule has 0 aliphatic heterocycles. The van der Waals surface area contributed by atoms with E-state index in [9.17, 15) is 14.4 Å². The highest BCUT2D eigenvalue weighted by Gasteiger charge is 2.48. The van der Waals surface area contributed by atoms with Crippen LogP contribution in [0.25, 0.3) is 0 Å². The minimum Gasteiger partial charge on any atom is -0.497 e. The van der Waals surface area contributed by atoms with Crippen molar-refractivity contribution in [1.29, 1.82) is 0 Å². The standard InChI is InChI=1S/C29H39N3O5/c1-17-9-10-18(2)23(15-17)25(26(33)31-21-11-13-22(36-8)14-12-21)32(24-16-19(24)3)27(34)20(4)30-28(35)37-29(5,6)7/h9-15,19-20,24-25H,16H2,1-8H3,(H,30,35)(H,31,33). The topological polar surface area (TPSA) is 97.0 Å². The number of aryl methyl sites for hydroxylation is 2. The summed E-state index contributed by atoms with van der Waals surface area (Å²) in [5, 5.41) is 5.63. The van der Waals surface area contributed by atoms with E-state index < -0.39 is 23.8 Å². The lowest BCUT2D eigenvalue weighted by atomic mass is 9.96. The van der Waals surface area contributed by atoms with E-state index in [1.54, 1.807) is 64.0 Å². The molecule has 2 aromatic carbocycles. The molecule has 3 amide bonds. The van der Waals surface area contributed by atoms with Gasteiger partial charge in [-0.1, -0.05) is 30.7 Å². The zero-order valence-electron chi connectivity index (χ0n) is 23.0. The Labute approximate surface area is 219 Å². The quantitative estimate of drug-likeness (QED) is 0.514. The number of hydrogen-bond donors (Lipinski definition) is 2. The molecule has 0 spiro atoms. The third-order valence-electron chi connectivity index (χ3n) is 6.40. The van der Waals surface area contributed by atoms with Gasteiger partial charge >= 0.3 is 6.09 Å². The second-order valence-corrected chi connectivity index (χ2v) is 10.9. The number of rotatable bonds is 8. The molecule has 0 heterocycles. The first-order valence-corrected chi connectivity index (χ1v) is 12.6. The fourth-order valence-electron chi connectivity index (χ4n) is 4.30. The Bertz CT molecular complexity index is 1140. The Morgan fingerprint density at radius 3 is 2.22 bits per heavy atom. The number of alkyl carbamates (subject to hydrolysis) is 1. The van der Waals surface area contributed by atoms with Crippen LogP contribution in [0, 0.1) is 19.8 Å². The van der Waals surface area contributed by atoms with E-state index in [2.05, 4.69) is 17.6 Å². The Kier molecular flexibility index (Phi) is 8.51. The number of ether oxygens (including phenoxy) is 2. The second-order valence-electron chi connectivity index (χ2n) is 10.9. The van der Waals surface area contributed by atoms with Crippen molar-refractivity contribution in [2.75, 3.05) is 12.4 Å². The van der Waals surface area contributed by atoms with Gasteiger partial charge in [0.25, 0.3) is 5.91 Å². The van der Waals surface area contributed by atoms with Gasteiger partial charge in [0.1, 0.15) is 23.4 Å². The smallest absolute Gasteiger partial charge is 0.408 e. The van der Waals surface area contributed by atoms with Crippen molar-refractivity contribution < 1.29 is 23.9 Å². The van der Waals surface area contributed by atoms with Gasteiger partial charge < -0.3 is 25.0 Å². The monoisotopic (exact) mass is 509 g/mol. The molecule has 0 aromatic heterocycles. The Morgan fingerprint density at radius 1 is 1.05 bits per heavy atom. The number of carbonyl (C=O) groups is 3. The number of anilines is 1. The second kappa shape index (κ2) is 11.2. The van der Waals surface area contributed by atoms with E-state index in [-0.39, 0.29) is 23.8 Å². The number of benzene rings is 2. The van der Waals surface area contributed by atoms with Crippen LogP contribution in [0.1, 0.15) is 63.8 Å². The third kappa shape index (κ3) is 7.24. The molecule has 0 bridgehead atoms. The first-order valence-electron chi connectivity index (χ1n) is 12.6. The van der Waals surface area contributed by atoms with Crippen LogP contribution in [0.4, 0.5) is 10.5 Å². The van der Waals surface area contributed by atoms with Gasteiger partial charge in [-0.15, -0.1) is 0 Å². The lowest BCUT2D eigenvalue weighted by molar-refractivity contribution is -0.141. The zero-order valence-corrected chi connectivity index (χ0v) is 23.0. The molecule has 0 saturated heterocycles. The van der Waals surface area contributed by atoms with Gasteiger partial charge in [-0.3, -0.25) is 9.59 Å². The summed E-state index contributed by atoms with van der Waals surface area (Å²) in [6.45, 7) is 12.8. The summed E-state index contributed by atoms with van der Waals surface area (Å²) in [5.74, 6) is 0.251. The molecule has 1 fully saturated rings. The number of methoxy groups -OCH3 is 1. The molecular formula is C29H39N3O5. The van der Waals surface area contributed by atoms with Gasteiger partial charge in [-0.25, -0.2) is 4.79 Å². The minimum atomic E-state index is -0.885. The number of hydrogen-bond acceptors (Lipinski definition) is 5. The van der Waals surface area contributed by atoms with Crippen molar-refractivity contribution in [3.63, 3.8) is 0 Å². The van der Waals surface area contributed by atoms with Crippen LogP contribution in [0.2, 0.25) is 0 Å². The maximum atomic E-state index is 13.9. The summed E-state index contributed by atoms with van der Waals surface area (Å²) in [4.78, 5) is 41.8. The van der Waals surface area contributed by atoms with Crippen molar-refractivity contribution in [2.45, 2.75) is 78.6 Å². The minimum absolute atomic E-state index is 0.123. The fraction of sp³-hybridized carbons (Fsp3) is 0.483. The highest BCUT2D eigenvalue weighted by Crippen LogP contribution is 2.41. The first-order chi connectivity index (χ1) is 17.3. The van der Waals surface area contributed by atoms with E-state index in [4.69, 9.17) is 9.47 Å². The lowest BCUT2D eigenvalue weighted by Gasteiger charge is -2.35. The summed E-state index contributed by atoms with van der Waals surface area (Å²) in [6, 6.07) is 11.0. The van der Waals surface area contributed by atoms with E-state index in [1.165, 1.54) is 0 Å². The van der Waals surface area contributed by atoms with Gasteiger partial charge in [0.05, 0.1) is 7.11 Å². The molecule has 2 aromatic rings. The highest BCUT2D eigenvalue weighted by atomic mass is 16.6. The zero-order chi connectivity index (χ0) is 27.5. The van der Waals surface area contributed by atoms with Gasteiger partial charge in [-0.2, -0.15) is 0 Å². The van der Waals surface area contributed by atoms with Crippen molar-refractivity contribution in [1.82, 2.24) is 10.2 Å². The number of amides is 3. The fourth-order valence-corrected chi connectivity index (χ4v) is 4.30. The normalized spacial score (nSPS) is 18.3. The van der Waals surface area contributed by atoms with Crippen molar-refractivity contribution in [3.05, 3.63) is 59.2 Å². The molecular weight excluding hydrogens is 470 g/mol. The van der Waals surface area contributed by atoms with Gasteiger partial charge in [0.15, 0.2) is 0 Å². The molecule has 8 heteroatoms. The molecule has 2 N–H and O–H groups in total. The van der Waals surface area contributed by atoms with Gasteiger partial charge in [0.2, 0.25) is 5.91 Å². The molecule has 200 valence electrons. The molecule has 4 atom stereocenters.